The lowest BCUT2D eigenvalue weighted by Crippen LogP contribution is -2.44. The maximum absolute atomic E-state index is 4.16. The second kappa shape index (κ2) is 3.48. The molecule has 1 aromatic rings. The Kier molecular flexibility index (Phi) is 2.32. The van der Waals surface area contributed by atoms with Crippen molar-refractivity contribution in [3.8, 4) is 0 Å². The number of likely N-dealkylation sites (N-methyl/N-ethyl adjacent to an activating group) is 1. The van der Waals surface area contributed by atoms with E-state index >= 15 is 0 Å². The van der Waals surface area contributed by atoms with E-state index in [0.29, 0.717) is 12.0 Å². The minimum Gasteiger partial charge on any atom is -0.381 e. The van der Waals surface area contributed by atoms with Gasteiger partial charge >= 0.3 is 0 Å². The molecule has 0 aromatic carbocycles. The highest BCUT2D eigenvalue weighted by molar-refractivity contribution is 5.71. The van der Waals surface area contributed by atoms with Gasteiger partial charge in [0.2, 0.25) is 0 Å². The molecule has 1 aliphatic rings. The summed E-state index contributed by atoms with van der Waals surface area (Å²) in [4.78, 5) is 6.48. The first kappa shape index (κ1) is 9.31. The average molecular weight is 191 g/mol. The molecule has 1 atom stereocenters. The van der Waals surface area contributed by atoms with Crippen LogP contribution in [0.15, 0.2) is 18.5 Å². The number of nitrogens with one attached hydrogen (secondary N) is 1. The summed E-state index contributed by atoms with van der Waals surface area (Å²) in [5.41, 5.74) is 2.40. The summed E-state index contributed by atoms with van der Waals surface area (Å²) < 4.78 is 0. The first-order chi connectivity index (χ1) is 6.70. The Morgan fingerprint density at radius 2 is 2.36 bits per heavy atom. The first-order valence-corrected chi connectivity index (χ1v) is 5.11. The minimum atomic E-state index is 0.562. The molecule has 2 rings (SSSR count). The lowest BCUT2D eigenvalue weighted by molar-refractivity contribution is 0.482. The molecule has 0 fully saturated rings. The van der Waals surface area contributed by atoms with Gasteiger partial charge in [0.1, 0.15) is 0 Å². The van der Waals surface area contributed by atoms with E-state index in [4.69, 9.17) is 0 Å². The van der Waals surface area contributed by atoms with Gasteiger partial charge < -0.3 is 10.2 Å². The second-order valence-corrected chi connectivity index (χ2v) is 4.20. The molecular weight excluding hydrogens is 174 g/mol. The van der Waals surface area contributed by atoms with E-state index in [2.05, 4.69) is 36.1 Å². The van der Waals surface area contributed by atoms with Gasteiger partial charge in [0.25, 0.3) is 0 Å². The molecule has 3 heteroatoms. The predicted octanol–water partition coefficient (Wildman–Crippen LogP) is 1.97. The van der Waals surface area contributed by atoms with Gasteiger partial charge in [0, 0.05) is 25.8 Å². The summed E-state index contributed by atoms with van der Waals surface area (Å²) in [5, 5.41) is 3.44. The van der Waals surface area contributed by atoms with Crippen LogP contribution < -0.4 is 10.2 Å². The molecule has 0 aliphatic carbocycles. The highest BCUT2D eigenvalue weighted by Crippen LogP contribution is 2.30. The predicted molar refractivity (Wildman–Crippen MR) is 59.8 cm³/mol. The SMILES string of the molecule is CC(C)C1CNc2ccncc2N1C. The summed E-state index contributed by atoms with van der Waals surface area (Å²) in [7, 11) is 2.14. The van der Waals surface area contributed by atoms with Crippen molar-refractivity contribution in [2.75, 3.05) is 23.8 Å². The van der Waals surface area contributed by atoms with Crippen molar-refractivity contribution in [2.45, 2.75) is 19.9 Å². The van der Waals surface area contributed by atoms with Crippen LogP contribution in [0.3, 0.4) is 0 Å². The van der Waals surface area contributed by atoms with Crippen LogP contribution in [0.2, 0.25) is 0 Å². The third kappa shape index (κ3) is 1.43. The molecule has 0 radical (unpaired) electrons. The molecule has 1 N–H and O–H groups in total. The normalized spacial score (nSPS) is 20.6. The fourth-order valence-electron chi connectivity index (χ4n) is 2.03. The molecule has 0 bridgehead atoms. The lowest BCUT2D eigenvalue weighted by atomic mass is 10.00. The number of hydrogen-bond acceptors (Lipinski definition) is 3. The van der Waals surface area contributed by atoms with Gasteiger partial charge in [0.05, 0.1) is 17.6 Å². The number of pyridine rings is 1. The van der Waals surface area contributed by atoms with Crippen molar-refractivity contribution in [3.05, 3.63) is 18.5 Å². The van der Waals surface area contributed by atoms with Crippen molar-refractivity contribution >= 4 is 11.4 Å². The highest BCUT2D eigenvalue weighted by Gasteiger charge is 2.25. The van der Waals surface area contributed by atoms with E-state index in [9.17, 15) is 0 Å². The third-order valence-corrected chi connectivity index (χ3v) is 2.95. The van der Waals surface area contributed by atoms with Crippen molar-refractivity contribution in [2.24, 2.45) is 5.92 Å². The van der Waals surface area contributed by atoms with Gasteiger partial charge in [-0.2, -0.15) is 0 Å². The van der Waals surface area contributed by atoms with Gasteiger partial charge in [-0.25, -0.2) is 0 Å². The zero-order chi connectivity index (χ0) is 10.1. The van der Waals surface area contributed by atoms with Gasteiger partial charge in [-0.05, 0) is 12.0 Å². The molecule has 3 nitrogen and oxygen atoms in total. The maximum Gasteiger partial charge on any atom is 0.0788 e. The van der Waals surface area contributed by atoms with Gasteiger partial charge in [0.15, 0.2) is 0 Å². The topological polar surface area (TPSA) is 28.2 Å². The van der Waals surface area contributed by atoms with Crippen LogP contribution in [0.4, 0.5) is 11.4 Å². The zero-order valence-corrected chi connectivity index (χ0v) is 8.99. The van der Waals surface area contributed by atoms with E-state index in [1.165, 1.54) is 11.4 Å². The Labute approximate surface area is 85.1 Å². The smallest absolute Gasteiger partial charge is 0.0788 e. The summed E-state index contributed by atoms with van der Waals surface area (Å²) >= 11 is 0. The number of hydrogen-bond donors (Lipinski definition) is 1. The second-order valence-electron chi connectivity index (χ2n) is 4.20. The van der Waals surface area contributed by atoms with Crippen molar-refractivity contribution in [3.63, 3.8) is 0 Å². The van der Waals surface area contributed by atoms with Crippen LogP contribution in [0.5, 0.6) is 0 Å². The number of rotatable bonds is 1. The molecular formula is C11H17N3. The number of anilines is 2. The summed E-state index contributed by atoms with van der Waals surface area (Å²) in [5.74, 6) is 0.654. The van der Waals surface area contributed by atoms with E-state index in [-0.39, 0.29) is 0 Å². The van der Waals surface area contributed by atoms with Crippen LogP contribution in [0, 0.1) is 5.92 Å². The monoisotopic (exact) mass is 191 g/mol. The Bertz CT molecular complexity index is 322. The fourth-order valence-corrected chi connectivity index (χ4v) is 2.03. The zero-order valence-electron chi connectivity index (χ0n) is 8.99. The number of aromatic nitrogens is 1. The maximum atomic E-state index is 4.16. The molecule has 0 spiro atoms. The molecule has 14 heavy (non-hydrogen) atoms. The van der Waals surface area contributed by atoms with Crippen molar-refractivity contribution in [1.82, 2.24) is 4.98 Å². The third-order valence-electron chi connectivity index (χ3n) is 2.95. The van der Waals surface area contributed by atoms with Crippen LogP contribution >= 0.6 is 0 Å². The van der Waals surface area contributed by atoms with Gasteiger partial charge in [-0.15, -0.1) is 0 Å². The van der Waals surface area contributed by atoms with Gasteiger partial charge in [-0.3, -0.25) is 4.98 Å². The van der Waals surface area contributed by atoms with Crippen molar-refractivity contribution in [1.29, 1.82) is 0 Å². The minimum absolute atomic E-state index is 0.562. The first-order valence-electron chi connectivity index (χ1n) is 5.11. The number of fused-ring (bicyclic) bond motifs is 1. The lowest BCUT2D eigenvalue weighted by Gasteiger charge is -2.38. The van der Waals surface area contributed by atoms with Crippen molar-refractivity contribution < 1.29 is 0 Å². The highest BCUT2D eigenvalue weighted by atomic mass is 15.2. The largest absolute Gasteiger partial charge is 0.381 e. The van der Waals surface area contributed by atoms with Crippen LogP contribution in [-0.2, 0) is 0 Å². The molecule has 1 unspecified atom stereocenters. The molecule has 1 aliphatic heterocycles. The molecule has 0 saturated heterocycles. The number of nitrogens with zero attached hydrogens (tertiary/aromatic N) is 2. The molecule has 0 amide bonds. The Balaban J connectivity index is 2.31. The van der Waals surface area contributed by atoms with E-state index < -0.39 is 0 Å². The summed E-state index contributed by atoms with van der Waals surface area (Å²) in [6, 6.07) is 2.59. The quantitative estimate of drug-likeness (QED) is 0.735. The fraction of sp³-hybridized carbons (Fsp3) is 0.545. The van der Waals surface area contributed by atoms with Gasteiger partial charge in [-0.1, -0.05) is 13.8 Å². The van der Waals surface area contributed by atoms with E-state index in [1.54, 1.807) is 0 Å². The van der Waals surface area contributed by atoms with Crippen LogP contribution in [-0.4, -0.2) is 24.6 Å². The molecule has 0 saturated carbocycles. The van der Waals surface area contributed by atoms with Crippen LogP contribution in [0.25, 0.3) is 0 Å². The van der Waals surface area contributed by atoms with E-state index in [0.717, 1.165) is 6.54 Å². The standard InChI is InChI=1S/C11H17N3/c1-8(2)10-7-13-9-4-5-12-6-11(9)14(10)3/h4-6,8,10,13H,7H2,1-3H3. The molecule has 2 heterocycles. The molecule has 1 aromatic heterocycles. The van der Waals surface area contributed by atoms with E-state index in [1.807, 2.05) is 18.5 Å². The summed E-state index contributed by atoms with van der Waals surface area (Å²) in [6.07, 6.45) is 3.76. The Hall–Kier alpha value is -1.25. The summed E-state index contributed by atoms with van der Waals surface area (Å²) in [6.45, 7) is 5.53. The Morgan fingerprint density at radius 1 is 1.57 bits per heavy atom. The Morgan fingerprint density at radius 3 is 3.07 bits per heavy atom. The molecule has 76 valence electrons. The van der Waals surface area contributed by atoms with Crippen LogP contribution in [0.1, 0.15) is 13.8 Å². The average Bonchev–Trinajstić information content (AvgIpc) is 2.18.